The maximum Gasteiger partial charge on any atom is 0.229 e. The lowest BCUT2D eigenvalue weighted by molar-refractivity contribution is -0.150. The first kappa shape index (κ1) is 22.7. The van der Waals surface area contributed by atoms with Gasteiger partial charge in [-0.25, -0.2) is 0 Å². The van der Waals surface area contributed by atoms with Gasteiger partial charge in [0.2, 0.25) is 5.91 Å². The quantitative estimate of drug-likeness (QED) is 0.550. The lowest BCUT2D eigenvalue weighted by Crippen LogP contribution is -2.58. The number of likely N-dealkylation sites (tertiary alicyclic amines) is 1. The molecule has 2 aromatic carbocycles. The highest BCUT2D eigenvalue weighted by Crippen LogP contribution is 2.77. The molecule has 4 bridgehead atoms. The number of nitrogens with two attached hydrogens (primary N) is 1. The normalized spacial score (nSPS) is 37.8. The van der Waals surface area contributed by atoms with E-state index in [1.165, 1.54) is 23.3 Å². The Bertz CT molecular complexity index is 1070. The number of hydrogen-bond acceptors (Lipinski definition) is 3. The Kier molecular flexibility index (Phi) is 5.24. The summed E-state index contributed by atoms with van der Waals surface area (Å²) in [5.41, 5.74) is 7.89. The van der Waals surface area contributed by atoms with E-state index >= 15 is 0 Å². The number of thioether (sulfide) groups is 1. The highest BCUT2D eigenvalue weighted by Gasteiger charge is 2.74. The topological polar surface area (TPSA) is 46.3 Å². The van der Waals surface area contributed by atoms with E-state index in [0.717, 1.165) is 44.5 Å². The van der Waals surface area contributed by atoms with Crippen molar-refractivity contribution < 1.29 is 4.79 Å². The van der Waals surface area contributed by atoms with Gasteiger partial charge in [0.25, 0.3) is 0 Å². The van der Waals surface area contributed by atoms with E-state index in [1.807, 2.05) is 11.8 Å². The summed E-state index contributed by atoms with van der Waals surface area (Å²) in [5, 5.41) is 0. The van der Waals surface area contributed by atoms with Crippen LogP contribution in [0.1, 0.15) is 57.9 Å². The molecule has 4 aliphatic carbocycles. The molecule has 7 rings (SSSR count). The van der Waals surface area contributed by atoms with Gasteiger partial charge in [0, 0.05) is 29.8 Å². The summed E-state index contributed by atoms with van der Waals surface area (Å²) in [7, 11) is 0. The van der Waals surface area contributed by atoms with E-state index < -0.39 is 0 Å². The number of nitrogens with zero attached hydrogens (tertiary/aromatic N) is 1. The predicted octanol–water partition coefficient (Wildman–Crippen LogP) is 5.88. The number of amides is 1. The Morgan fingerprint density at radius 1 is 1.00 bits per heavy atom. The van der Waals surface area contributed by atoms with Crippen LogP contribution in [-0.4, -0.2) is 35.7 Å². The molecule has 5 aliphatic rings. The summed E-state index contributed by atoms with van der Waals surface area (Å²) in [4.78, 5) is 18.2. The van der Waals surface area contributed by atoms with E-state index in [-0.39, 0.29) is 27.7 Å². The monoisotopic (exact) mass is 474 g/mol. The third-order valence-corrected chi connectivity index (χ3v) is 11.3. The van der Waals surface area contributed by atoms with Crippen LogP contribution in [-0.2, 0) is 10.2 Å². The van der Waals surface area contributed by atoms with Gasteiger partial charge in [0.15, 0.2) is 0 Å². The molecule has 2 aromatic rings. The summed E-state index contributed by atoms with van der Waals surface area (Å²) in [6.45, 7) is 6.08. The van der Waals surface area contributed by atoms with Gasteiger partial charge in [-0.15, -0.1) is 11.8 Å². The van der Waals surface area contributed by atoms with Gasteiger partial charge in [-0.1, -0.05) is 62.4 Å². The zero-order valence-electron chi connectivity index (χ0n) is 20.6. The average molecular weight is 475 g/mol. The van der Waals surface area contributed by atoms with Crippen LogP contribution >= 0.6 is 11.8 Å². The van der Waals surface area contributed by atoms with Crippen molar-refractivity contribution in [2.45, 2.75) is 68.7 Å². The van der Waals surface area contributed by atoms with Gasteiger partial charge in [-0.2, -0.15) is 0 Å². The van der Waals surface area contributed by atoms with Crippen molar-refractivity contribution in [3.63, 3.8) is 0 Å². The molecule has 1 aliphatic heterocycles. The van der Waals surface area contributed by atoms with Crippen molar-refractivity contribution in [2.75, 3.05) is 18.8 Å². The number of carbonyl (C=O) groups excluding carboxylic acids is 1. The molecule has 4 heteroatoms. The molecular formula is C30H38N2OS. The Hall–Kier alpha value is -1.78. The molecule has 0 aromatic heterocycles. The minimum absolute atomic E-state index is 0.0246. The van der Waals surface area contributed by atoms with Gasteiger partial charge in [0.1, 0.15) is 0 Å². The number of hydrogen-bond donors (Lipinski definition) is 1. The van der Waals surface area contributed by atoms with Crippen LogP contribution in [0, 0.1) is 22.2 Å². The Morgan fingerprint density at radius 3 is 2.41 bits per heavy atom. The van der Waals surface area contributed by atoms with Crippen LogP contribution in [0.4, 0.5) is 0 Å². The standard InChI is InChI=1S/C30H38N2OS/c1-27(2)20-32(14-13-25(27)31)26(33)30-17-22-15-28(19-30,23-9-5-3-6-10-23)18-29(30,16-22)21-34-24-11-7-4-8-12-24/h3-12,22,25H,13-21,31H2,1-2H3/t22?,25-,28?,29?,30?/m0/s1. The number of rotatable bonds is 5. The van der Waals surface area contributed by atoms with Gasteiger partial charge in [-0.05, 0) is 78.4 Å². The van der Waals surface area contributed by atoms with E-state index in [9.17, 15) is 4.79 Å². The lowest BCUT2D eigenvalue weighted by Gasteiger charge is -2.48. The van der Waals surface area contributed by atoms with Gasteiger partial charge in [-0.3, -0.25) is 4.79 Å². The van der Waals surface area contributed by atoms with Crippen molar-refractivity contribution in [1.82, 2.24) is 4.90 Å². The SMILES string of the molecule is CC1(C)CN(C(=O)C23CC4CC(c5ccccc5)(CC2(CSc2ccccc2)C4)C3)CC[C@@H]1N. The van der Waals surface area contributed by atoms with Crippen LogP contribution in [0.2, 0.25) is 0 Å². The van der Waals surface area contributed by atoms with E-state index in [4.69, 9.17) is 5.73 Å². The summed E-state index contributed by atoms with van der Waals surface area (Å²) in [5.74, 6) is 2.15. The molecule has 5 atom stereocenters. The third-order valence-electron chi connectivity index (χ3n) is 9.98. The van der Waals surface area contributed by atoms with Crippen molar-refractivity contribution in [3.05, 3.63) is 66.2 Å². The molecule has 3 nitrogen and oxygen atoms in total. The van der Waals surface area contributed by atoms with Crippen molar-refractivity contribution in [1.29, 1.82) is 0 Å². The number of benzene rings is 2. The molecule has 5 fully saturated rings. The first-order valence-electron chi connectivity index (χ1n) is 13.1. The molecule has 2 N–H and O–H groups in total. The van der Waals surface area contributed by atoms with E-state index in [1.54, 1.807) is 0 Å². The second-order valence-electron chi connectivity index (χ2n) is 12.6. The van der Waals surface area contributed by atoms with Crippen LogP contribution < -0.4 is 5.73 Å². The lowest BCUT2D eigenvalue weighted by atomic mass is 9.63. The fraction of sp³-hybridized carbons (Fsp3) is 0.567. The second-order valence-corrected chi connectivity index (χ2v) is 13.6. The third kappa shape index (κ3) is 3.32. The van der Waals surface area contributed by atoms with Crippen molar-refractivity contribution in [2.24, 2.45) is 27.9 Å². The Morgan fingerprint density at radius 2 is 1.71 bits per heavy atom. The maximum atomic E-state index is 14.6. The first-order chi connectivity index (χ1) is 16.3. The largest absolute Gasteiger partial charge is 0.342 e. The van der Waals surface area contributed by atoms with E-state index in [2.05, 4.69) is 79.4 Å². The first-order valence-corrected chi connectivity index (χ1v) is 14.0. The highest BCUT2D eigenvalue weighted by molar-refractivity contribution is 7.99. The maximum absolute atomic E-state index is 14.6. The summed E-state index contributed by atoms with van der Waals surface area (Å²) < 4.78 is 0. The van der Waals surface area contributed by atoms with Crippen LogP contribution in [0.3, 0.4) is 0 Å². The van der Waals surface area contributed by atoms with Crippen LogP contribution in [0.15, 0.2) is 65.6 Å². The van der Waals surface area contributed by atoms with Gasteiger partial charge >= 0.3 is 0 Å². The molecule has 34 heavy (non-hydrogen) atoms. The number of carbonyl (C=O) groups is 1. The molecular weight excluding hydrogens is 436 g/mol. The Balaban J connectivity index is 1.38. The summed E-state index contributed by atoms with van der Waals surface area (Å²) in [6, 6.07) is 22.1. The molecule has 1 heterocycles. The molecule has 0 spiro atoms. The Labute approximate surface area is 208 Å². The second kappa shape index (κ2) is 7.86. The summed E-state index contributed by atoms with van der Waals surface area (Å²) >= 11 is 1.97. The van der Waals surface area contributed by atoms with E-state index in [0.29, 0.717) is 11.8 Å². The van der Waals surface area contributed by atoms with Crippen molar-refractivity contribution >= 4 is 17.7 Å². The molecule has 1 amide bonds. The highest BCUT2D eigenvalue weighted by atomic mass is 32.2. The van der Waals surface area contributed by atoms with Crippen LogP contribution in [0.25, 0.3) is 0 Å². The van der Waals surface area contributed by atoms with Gasteiger partial charge in [0.05, 0.1) is 5.41 Å². The zero-order chi connectivity index (χ0) is 23.6. The fourth-order valence-corrected chi connectivity index (χ4v) is 9.79. The number of piperidine rings is 1. The smallest absolute Gasteiger partial charge is 0.229 e. The minimum Gasteiger partial charge on any atom is -0.342 e. The van der Waals surface area contributed by atoms with Crippen molar-refractivity contribution in [3.8, 4) is 0 Å². The molecule has 4 saturated carbocycles. The van der Waals surface area contributed by atoms with Gasteiger partial charge < -0.3 is 10.6 Å². The predicted molar refractivity (Wildman–Crippen MR) is 140 cm³/mol. The minimum atomic E-state index is -0.231. The molecule has 0 radical (unpaired) electrons. The van der Waals surface area contributed by atoms with Crippen LogP contribution in [0.5, 0.6) is 0 Å². The fourth-order valence-electron chi connectivity index (χ4n) is 8.50. The zero-order valence-corrected chi connectivity index (χ0v) is 21.4. The molecule has 1 saturated heterocycles. The summed E-state index contributed by atoms with van der Waals surface area (Å²) in [6.07, 6.45) is 6.64. The molecule has 180 valence electrons. The average Bonchev–Trinajstić information content (AvgIpc) is 3.19. The molecule has 4 unspecified atom stereocenters.